The number of rotatable bonds is 7. The number of nitrogens with two attached hydrogens (primary N) is 1. The third-order valence-electron chi connectivity index (χ3n) is 4.61. The molecule has 4 N–H and O–H groups in total. The average Bonchev–Trinajstić information content (AvgIpc) is 2.81. The highest BCUT2D eigenvalue weighted by Gasteiger charge is 2.31. The number of nitrogens with one attached hydrogen (secondary N) is 1. The van der Waals surface area contributed by atoms with Crippen molar-refractivity contribution in [2.24, 2.45) is 23.0 Å². The third-order valence-corrected chi connectivity index (χ3v) is 4.61. The van der Waals surface area contributed by atoms with Gasteiger partial charge in [0.1, 0.15) is 0 Å². The normalized spacial score (nSPS) is 23.8. The molecule has 0 aromatic rings. The molecule has 0 heterocycles. The van der Waals surface area contributed by atoms with Gasteiger partial charge in [-0.25, -0.2) is 0 Å². The molecule has 1 unspecified atom stereocenters. The minimum Gasteiger partial charge on any atom is -0.481 e. The number of carboxylic acid groups (broad SMARTS) is 1. The van der Waals surface area contributed by atoms with Crippen molar-refractivity contribution in [3.8, 4) is 0 Å². The van der Waals surface area contributed by atoms with Gasteiger partial charge in [0.2, 0.25) is 5.91 Å². The Balaban J connectivity index is 2.35. The van der Waals surface area contributed by atoms with Crippen LogP contribution in [0.1, 0.15) is 59.3 Å². The van der Waals surface area contributed by atoms with E-state index in [1.54, 1.807) is 0 Å². The predicted octanol–water partition coefficient (Wildman–Crippen LogP) is 2.15. The molecule has 0 aromatic carbocycles. The lowest BCUT2D eigenvalue weighted by atomic mass is 9.76. The number of carbonyl (C=O) groups is 2. The lowest BCUT2D eigenvalue weighted by molar-refractivity contribution is -0.141. The highest BCUT2D eigenvalue weighted by atomic mass is 16.4. The largest absolute Gasteiger partial charge is 0.481 e. The molecule has 1 fully saturated rings. The van der Waals surface area contributed by atoms with Crippen LogP contribution in [0.3, 0.4) is 0 Å². The van der Waals surface area contributed by atoms with Crippen molar-refractivity contribution in [1.29, 1.82) is 0 Å². The summed E-state index contributed by atoms with van der Waals surface area (Å²) in [6.07, 6.45) is 4.26. The highest BCUT2D eigenvalue weighted by Crippen LogP contribution is 2.32. The molecule has 1 aliphatic rings. The molecule has 0 saturated heterocycles. The first-order chi connectivity index (χ1) is 9.74. The molecule has 1 amide bonds. The van der Waals surface area contributed by atoms with Crippen LogP contribution in [0.4, 0.5) is 0 Å². The summed E-state index contributed by atoms with van der Waals surface area (Å²) in [5, 5.41) is 11.9. The monoisotopic (exact) mass is 298 g/mol. The molecule has 5 nitrogen and oxygen atoms in total. The van der Waals surface area contributed by atoms with Crippen molar-refractivity contribution in [3.05, 3.63) is 0 Å². The van der Waals surface area contributed by atoms with Crippen LogP contribution in [0.2, 0.25) is 0 Å². The maximum atomic E-state index is 12.0. The van der Waals surface area contributed by atoms with E-state index < -0.39 is 5.97 Å². The van der Waals surface area contributed by atoms with Gasteiger partial charge in [-0.1, -0.05) is 20.8 Å². The SMILES string of the molecule is CC(C)(C)C(CCN)CCC(=O)N[C@H]1CC[C@@H](C(=O)O)C1. The van der Waals surface area contributed by atoms with Crippen molar-refractivity contribution < 1.29 is 14.7 Å². The molecule has 0 radical (unpaired) electrons. The fourth-order valence-corrected chi connectivity index (χ4v) is 3.15. The first kappa shape index (κ1) is 18.0. The van der Waals surface area contributed by atoms with Crippen LogP contribution in [0.25, 0.3) is 0 Å². The number of carboxylic acids is 1. The van der Waals surface area contributed by atoms with E-state index in [0.29, 0.717) is 31.7 Å². The van der Waals surface area contributed by atoms with Crippen LogP contribution >= 0.6 is 0 Å². The molecule has 1 aliphatic carbocycles. The zero-order chi connectivity index (χ0) is 16.0. The summed E-state index contributed by atoms with van der Waals surface area (Å²) in [4.78, 5) is 22.9. The van der Waals surface area contributed by atoms with Crippen LogP contribution < -0.4 is 11.1 Å². The van der Waals surface area contributed by atoms with Gasteiger partial charge in [0, 0.05) is 12.5 Å². The molecule has 0 bridgehead atoms. The predicted molar refractivity (Wildman–Crippen MR) is 82.8 cm³/mol. The van der Waals surface area contributed by atoms with E-state index in [1.807, 2.05) is 0 Å². The van der Waals surface area contributed by atoms with Gasteiger partial charge in [-0.2, -0.15) is 0 Å². The standard InChI is InChI=1S/C16H30N2O3/c1-16(2,3)12(8-9-17)5-7-14(19)18-13-6-4-11(10-13)15(20)21/h11-13H,4-10,17H2,1-3H3,(H,18,19)(H,20,21)/t11-,12?,13+/m1/s1. The Hall–Kier alpha value is -1.10. The Bertz CT molecular complexity index is 363. The molecule has 0 aromatic heterocycles. The van der Waals surface area contributed by atoms with Crippen molar-refractivity contribution in [3.63, 3.8) is 0 Å². The van der Waals surface area contributed by atoms with Crippen molar-refractivity contribution in [2.45, 2.75) is 65.3 Å². The number of carbonyl (C=O) groups excluding carboxylic acids is 1. The minimum absolute atomic E-state index is 0.0289. The van der Waals surface area contributed by atoms with E-state index in [4.69, 9.17) is 10.8 Å². The molecule has 1 saturated carbocycles. The first-order valence-corrected chi connectivity index (χ1v) is 7.96. The topological polar surface area (TPSA) is 92.4 Å². The maximum absolute atomic E-state index is 12.0. The van der Waals surface area contributed by atoms with E-state index >= 15 is 0 Å². The lowest BCUT2D eigenvalue weighted by Gasteiger charge is -2.30. The van der Waals surface area contributed by atoms with E-state index in [2.05, 4.69) is 26.1 Å². The molecule has 0 spiro atoms. The van der Waals surface area contributed by atoms with Gasteiger partial charge in [0.15, 0.2) is 0 Å². The summed E-state index contributed by atoms with van der Waals surface area (Å²) in [6, 6.07) is 0.0289. The number of aliphatic carboxylic acids is 1. The van der Waals surface area contributed by atoms with Gasteiger partial charge in [-0.3, -0.25) is 9.59 Å². The second kappa shape index (κ2) is 7.78. The van der Waals surface area contributed by atoms with E-state index in [1.165, 1.54) is 0 Å². The van der Waals surface area contributed by atoms with Gasteiger partial charge in [0.05, 0.1) is 5.92 Å². The second-order valence-electron chi connectivity index (χ2n) is 7.29. The number of hydrogen-bond acceptors (Lipinski definition) is 3. The summed E-state index contributed by atoms with van der Waals surface area (Å²) in [7, 11) is 0. The Kier molecular flexibility index (Phi) is 6.65. The molecule has 21 heavy (non-hydrogen) atoms. The van der Waals surface area contributed by atoms with Gasteiger partial charge >= 0.3 is 5.97 Å². The highest BCUT2D eigenvalue weighted by molar-refractivity contribution is 5.76. The summed E-state index contributed by atoms with van der Waals surface area (Å²) < 4.78 is 0. The lowest BCUT2D eigenvalue weighted by Crippen LogP contribution is -2.34. The quantitative estimate of drug-likeness (QED) is 0.671. The van der Waals surface area contributed by atoms with Gasteiger partial charge in [-0.15, -0.1) is 0 Å². The Morgan fingerprint density at radius 1 is 1.29 bits per heavy atom. The van der Waals surface area contributed by atoms with Crippen molar-refractivity contribution in [1.82, 2.24) is 5.32 Å². The number of amides is 1. The summed E-state index contributed by atoms with van der Waals surface area (Å²) in [5.74, 6) is -0.571. The Labute approximate surface area is 127 Å². The molecular formula is C16H30N2O3. The summed E-state index contributed by atoms with van der Waals surface area (Å²) in [6.45, 7) is 7.19. The van der Waals surface area contributed by atoms with E-state index in [0.717, 1.165) is 19.3 Å². The molecule has 1 rings (SSSR count). The third kappa shape index (κ3) is 6.04. The average molecular weight is 298 g/mol. The zero-order valence-corrected chi connectivity index (χ0v) is 13.5. The molecular weight excluding hydrogens is 268 g/mol. The van der Waals surface area contributed by atoms with E-state index in [9.17, 15) is 9.59 Å². The van der Waals surface area contributed by atoms with Gasteiger partial charge in [0.25, 0.3) is 0 Å². The minimum atomic E-state index is -0.748. The Morgan fingerprint density at radius 2 is 1.95 bits per heavy atom. The Morgan fingerprint density at radius 3 is 2.43 bits per heavy atom. The summed E-state index contributed by atoms with van der Waals surface area (Å²) in [5.41, 5.74) is 5.81. The molecule has 5 heteroatoms. The van der Waals surface area contributed by atoms with Crippen LogP contribution in [0.15, 0.2) is 0 Å². The van der Waals surface area contributed by atoms with Crippen LogP contribution in [0, 0.1) is 17.3 Å². The zero-order valence-electron chi connectivity index (χ0n) is 13.5. The first-order valence-electron chi connectivity index (χ1n) is 7.96. The smallest absolute Gasteiger partial charge is 0.306 e. The second-order valence-corrected chi connectivity index (χ2v) is 7.29. The van der Waals surface area contributed by atoms with E-state index in [-0.39, 0.29) is 23.3 Å². The number of hydrogen-bond donors (Lipinski definition) is 3. The summed E-state index contributed by atoms with van der Waals surface area (Å²) >= 11 is 0. The van der Waals surface area contributed by atoms with Crippen molar-refractivity contribution >= 4 is 11.9 Å². The fourth-order valence-electron chi connectivity index (χ4n) is 3.15. The van der Waals surface area contributed by atoms with Gasteiger partial charge in [-0.05, 0) is 50.0 Å². The van der Waals surface area contributed by atoms with Gasteiger partial charge < -0.3 is 16.2 Å². The molecule has 0 aliphatic heterocycles. The van der Waals surface area contributed by atoms with Crippen molar-refractivity contribution in [2.75, 3.05) is 6.54 Å². The molecule has 3 atom stereocenters. The van der Waals surface area contributed by atoms with Crippen LogP contribution in [-0.4, -0.2) is 29.6 Å². The maximum Gasteiger partial charge on any atom is 0.306 e. The molecule has 122 valence electrons. The van der Waals surface area contributed by atoms with Crippen LogP contribution in [-0.2, 0) is 9.59 Å². The fraction of sp³-hybridized carbons (Fsp3) is 0.875. The van der Waals surface area contributed by atoms with Crippen LogP contribution in [0.5, 0.6) is 0 Å².